The second-order valence-corrected chi connectivity index (χ2v) is 4.65. The molecule has 3 rings (SSSR count). The summed E-state index contributed by atoms with van der Waals surface area (Å²) >= 11 is 0. The first-order valence-electron chi connectivity index (χ1n) is 7.39. The third-order valence-corrected chi connectivity index (χ3v) is 2.98. The van der Waals surface area contributed by atoms with E-state index in [1.807, 2.05) is 0 Å². The fourth-order valence-electron chi connectivity index (χ4n) is 1.89. The topological polar surface area (TPSA) is 64.3 Å². The molecule has 22 heavy (non-hydrogen) atoms. The molecule has 0 aromatic carbocycles. The average molecular weight is 423 g/mol. The number of hydrogen-bond donors (Lipinski definition) is 3. The summed E-state index contributed by atoms with van der Waals surface area (Å²) in [5, 5.41) is 17.9. The minimum atomic E-state index is 0. The molecule has 0 bridgehead atoms. The van der Waals surface area contributed by atoms with Gasteiger partial charge in [0.25, 0.3) is 0 Å². The summed E-state index contributed by atoms with van der Waals surface area (Å²) in [5.41, 5.74) is 0. The van der Waals surface area contributed by atoms with Gasteiger partial charge in [0.1, 0.15) is 0 Å². The van der Waals surface area contributed by atoms with Crippen molar-refractivity contribution in [3.8, 4) is 0 Å². The molecule has 3 heterocycles. The molecule has 0 aromatic rings. The standard InChI is InChI=1S/C5H10N.C4H10N2.C4H9N2.CH3.3V/c1-2-4-6-5-3-1;2*1-2-6-4-3-5-1;;;;/h1-5H2;5-6H,1-4H2;5H,1-4H2;1H3;;;/q-1;;2*-1;;;. The van der Waals surface area contributed by atoms with Crippen molar-refractivity contribution in [2.45, 2.75) is 19.3 Å². The van der Waals surface area contributed by atoms with Crippen LogP contribution in [-0.2, 0) is 55.7 Å². The number of piperazine rings is 2. The van der Waals surface area contributed by atoms with Gasteiger partial charge in [-0.25, -0.2) is 0 Å². The summed E-state index contributed by atoms with van der Waals surface area (Å²) in [4.78, 5) is 0. The molecule has 0 aromatic heterocycles. The molecule has 0 aliphatic carbocycles. The Morgan fingerprint density at radius 2 is 0.818 bits per heavy atom. The molecule has 8 heteroatoms. The van der Waals surface area contributed by atoms with Crippen LogP contribution in [0.4, 0.5) is 0 Å². The van der Waals surface area contributed by atoms with E-state index in [2.05, 4.69) is 26.6 Å². The van der Waals surface area contributed by atoms with E-state index in [1.165, 1.54) is 19.3 Å². The van der Waals surface area contributed by atoms with Crippen LogP contribution in [0, 0.1) is 7.43 Å². The first kappa shape index (κ1) is 31.3. The first-order chi connectivity index (χ1) is 9.00. The molecule has 3 saturated heterocycles. The van der Waals surface area contributed by atoms with Gasteiger partial charge in [-0.3, -0.25) is 0 Å². The Bertz CT molecular complexity index is 103. The monoisotopic (exact) mass is 423 g/mol. The summed E-state index contributed by atoms with van der Waals surface area (Å²) in [6, 6.07) is 0. The fourth-order valence-corrected chi connectivity index (χ4v) is 1.89. The minimum absolute atomic E-state index is 0. The quantitative estimate of drug-likeness (QED) is 0.512. The fraction of sp³-hybridized carbons (Fsp3) is 0.929. The van der Waals surface area contributed by atoms with Crippen molar-refractivity contribution in [1.82, 2.24) is 16.0 Å². The molecule has 0 unspecified atom stereocenters. The number of hydrogen-bond acceptors (Lipinski definition) is 3. The van der Waals surface area contributed by atoms with Crippen LogP contribution in [-0.4, -0.2) is 65.4 Å². The van der Waals surface area contributed by atoms with Crippen molar-refractivity contribution in [2.75, 3.05) is 65.4 Å². The van der Waals surface area contributed by atoms with Crippen LogP contribution in [0.15, 0.2) is 0 Å². The third kappa shape index (κ3) is 23.8. The second kappa shape index (κ2) is 27.4. The molecule has 0 atom stereocenters. The molecule has 3 aliphatic rings. The van der Waals surface area contributed by atoms with Gasteiger partial charge in [-0.2, -0.15) is 0 Å². The van der Waals surface area contributed by atoms with Gasteiger partial charge in [0.15, 0.2) is 0 Å². The van der Waals surface area contributed by atoms with Gasteiger partial charge >= 0.3 is 0 Å². The SMILES string of the molecule is C1CC[N-]CC1.C1CNCCN1.C1CNCC[N-]1.[CH3-].[V].[V].[V]. The zero-order chi connectivity index (χ0) is 12.7. The Labute approximate surface area is 173 Å². The summed E-state index contributed by atoms with van der Waals surface area (Å²) in [6.07, 6.45) is 4.07. The Morgan fingerprint density at radius 3 is 0.955 bits per heavy atom. The van der Waals surface area contributed by atoms with Gasteiger partial charge in [-0.1, -0.05) is 19.3 Å². The zero-order valence-electron chi connectivity index (χ0n) is 13.9. The van der Waals surface area contributed by atoms with Crippen LogP contribution in [0.3, 0.4) is 0 Å². The van der Waals surface area contributed by atoms with Crippen molar-refractivity contribution in [3.63, 3.8) is 0 Å². The molecule has 3 radical (unpaired) electrons. The minimum Gasteiger partial charge on any atom is -0.662 e. The molecule has 131 valence electrons. The number of rotatable bonds is 0. The average Bonchev–Trinajstić information content (AvgIpc) is 2.54. The van der Waals surface area contributed by atoms with Gasteiger partial charge in [-0.05, 0) is 13.1 Å². The second-order valence-electron chi connectivity index (χ2n) is 4.65. The van der Waals surface area contributed by atoms with Crippen LogP contribution < -0.4 is 16.0 Å². The van der Waals surface area contributed by atoms with Crippen molar-refractivity contribution < 1.29 is 55.7 Å². The predicted molar refractivity (Wildman–Crippen MR) is 85.1 cm³/mol. The Balaban J connectivity index is -0.000000101. The molecular weight excluding hydrogens is 391 g/mol. The Morgan fingerprint density at radius 1 is 0.455 bits per heavy atom. The van der Waals surface area contributed by atoms with E-state index in [9.17, 15) is 0 Å². The molecule has 3 fully saturated rings. The maximum Gasteiger partial charge on any atom is 0.00772 e. The smallest absolute Gasteiger partial charge is 0.00772 e. The van der Waals surface area contributed by atoms with E-state index >= 15 is 0 Å². The first-order valence-corrected chi connectivity index (χ1v) is 7.39. The molecule has 5 nitrogen and oxygen atoms in total. The van der Waals surface area contributed by atoms with E-state index in [-0.39, 0.29) is 63.1 Å². The maximum absolute atomic E-state index is 4.18. The third-order valence-electron chi connectivity index (χ3n) is 2.98. The van der Waals surface area contributed by atoms with Gasteiger partial charge < -0.3 is 34.0 Å². The molecule has 3 aliphatic heterocycles. The van der Waals surface area contributed by atoms with Crippen molar-refractivity contribution in [1.29, 1.82) is 0 Å². The van der Waals surface area contributed by atoms with E-state index in [0.717, 1.165) is 65.4 Å². The molecule has 0 spiro atoms. The number of piperidine rings is 1. The van der Waals surface area contributed by atoms with E-state index < -0.39 is 0 Å². The van der Waals surface area contributed by atoms with E-state index in [1.54, 1.807) is 0 Å². The zero-order valence-corrected chi connectivity index (χ0v) is 18.1. The number of nitrogens with one attached hydrogen (secondary N) is 3. The Hall–Kier alpha value is 1.55. The summed E-state index contributed by atoms with van der Waals surface area (Å²) in [6.45, 7) is 11.0. The van der Waals surface area contributed by atoms with Crippen LogP contribution in [0.25, 0.3) is 10.6 Å². The van der Waals surface area contributed by atoms with Crippen LogP contribution >= 0.6 is 0 Å². The maximum atomic E-state index is 4.18. The summed E-state index contributed by atoms with van der Waals surface area (Å²) in [5.74, 6) is 0. The summed E-state index contributed by atoms with van der Waals surface area (Å²) < 4.78 is 0. The van der Waals surface area contributed by atoms with Crippen molar-refractivity contribution in [3.05, 3.63) is 18.1 Å². The normalized spacial score (nSPS) is 19.6. The van der Waals surface area contributed by atoms with Gasteiger partial charge in [-0.15, -0.1) is 26.2 Å². The Kier molecular flexibility index (Phi) is 39.0. The predicted octanol–water partition coefficient (Wildman–Crippen LogP) is 1.13. The van der Waals surface area contributed by atoms with Crippen molar-refractivity contribution in [2.24, 2.45) is 0 Å². The van der Waals surface area contributed by atoms with Crippen LogP contribution in [0.1, 0.15) is 19.3 Å². The largest absolute Gasteiger partial charge is 0.662 e. The van der Waals surface area contributed by atoms with Crippen molar-refractivity contribution >= 4 is 0 Å². The van der Waals surface area contributed by atoms with Gasteiger partial charge in [0, 0.05) is 81.8 Å². The van der Waals surface area contributed by atoms with E-state index in [4.69, 9.17) is 0 Å². The molecule has 0 saturated carbocycles. The number of nitrogens with zero attached hydrogens (tertiary/aromatic N) is 2. The van der Waals surface area contributed by atoms with Gasteiger partial charge in [0.05, 0.1) is 0 Å². The molecule has 3 N–H and O–H groups in total. The van der Waals surface area contributed by atoms with Gasteiger partial charge in [0.2, 0.25) is 0 Å². The van der Waals surface area contributed by atoms with Crippen LogP contribution in [0.2, 0.25) is 0 Å². The van der Waals surface area contributed by atoms with E-state index in [0.29, 0.717) is 0 Å². The molecule has 0 amide bonds. The molecular formula is C14H32N5V3-3. The summed E-state index contributed by atoms with van der Waals surface area (Å²) in [7, 11) is 0. The van der Waals surface area contributed by atoms with Crippen LogP contribution in [0.5, 0.6) is 0 Å².